The van der Waals surface area contributed by atoms with E-state index in [0.717, 1.165) is 5.76 Å². The number of carbonyl (C=O) groups is 1. The van der Waals surface area contributed by atoms with Gasteiger partial charge in [0.15, 0.2) is 11.5 Å². The van der Waals surface area contributed by atoms with Gasteiger partial charge in [-0.25, -0.2) is 0 Å². The highest BCUT2D eigenvalue weighted by Crippen LogP contribution is 2.47. The molecule has 2 unspecified atom stereocenters. The van der Waals surface area contributed by atoms with Crippen molar-refractivity contribution in [1.82, 2.24) is 0 Å². The van der Waals surface area contributed by atoms with Crippen molar-refractivity contribution < 1.29 is 18.7 Å². The van der Waals surface area contributed by atoms with Crippen LogP contribution in [0.2, 0.25) is 0 Å². The van der Waals surface area contributed by atoms with Crippen LogP contribution in [0.3, 0.4) is 0 Å². The monoisotopic (exact) mass is 327 g/mol. The smallest absolute Gasteiger partial charge is 0.248 e. The molecule has 0 spiro atoms. The van der Waals surface area contributed by atoms with Crippen LogP contribution in [-0.4, -0.2) is 20.1 Å². The van der Waals surface area contributed by atoms with Gasteiger partial charge in [-0.15, -0.1) is 0 Å². The molecule has 2 atom stereocenters. The van der Waals surface area contributed by atoms with Crippen LogP contribution in [0.5, 0.6) is 11.5 Å². The van der Waals surface area contributed by atoms with E-state index in [1.54, 1.807) is 38.5 Å². The lowest BCUT2D eigenvalue weighted by atomic mass is 10.2. The van der Waals surface area contributed by atoms with E-state index >= 15 is 0 Å². The van der Waals surface area contributed by atoms with Gasteiger partial charge in [0, 0.05) is 23.7 Å². The summed E-state index contributed by atoms with van der Waals surface area (Å²) in [5.74, 6) is 3.86. The zero-order valence-electron chi connectivity index (χ0n) is 14.0. The van der Waals surface area contributed by atoms with Crippen LogP contribution in [0.1, 0.15) is 30.8 Å². The topological polar surface area (TPSA) is 60.7 Å². The number of rotatable bonds is 6. The Hall–Kier alpha value is -2.69. The summed E-state index contributed by atoms with van der Waals surface area (Å²) in [4.78, 5) is 12.0. The Labute approximate surface area is 141 Å². The van der Waals surface area contributed by atoms with E-state index in [1.807, 2.05) is 12.1 Å². The standard InChI is InChI=1S/C19H21NO4/c1-12-10-15(12)16-8-5-14(24-16)6-9-19(21)20-13-4-7-17(22-2)18(11-13)23-3/h4-9,11-12,15H,10H2,1-3H3,(H,20,21)/b9-6+. The Morgan fingerprint density at radius 2 is 1.96 bits per heavy atom. The fourth-order valence-corrected chi connectivity index (χ4v) is 2.63. The lowest BCUT2D eigenvalue weighted by molar-refractivity contribution is -0.111. The third-order valence-corrected chi connectivity index (χ3v) is 4.17. The maximum atomic E-state index is 12.0. The zero-order chi connectivity index (χ0) is 17.1. The number of methoxy groups -OCH3 is 2. The van der Waals surface area contributed by atoms with Crippen molar-refractivity contribution in [3.05, 3.63) is 47.9 Å². The molecule has 1 N–H and O–H groups in total. The van der Waals surface area contributed by atoms with Gasteiger partial charge >= 0.3 is 0 Å². The fourth-order valence-electron chi connectivity index (χ4n) is 2.63. The summed E-state index contributed by atoms with van der Waals surface area (Å²) in [7, 11) is 3.12. The average Bonchev–Trinajstić information content (AvgIpc) is 3.13. The average molecular weight is 327 g/mol. The van der Waals surface area contributed by atoms with Crippen molar-refractivity contribution in [3.63, 3.8) is 0 Å². The minimum atomic E-state index is -0.236. The van der Waals surface area contributed by atoms with Crippen molar-refractivity contribution in [2.24, 2.45) is 5.92 Å². The van der Waals surface area contributed by atoms with Gasteiger partial charge in [0.2, 0.25) is 5.91 Å². The minimum Gasteiger partial charge on any atom is -0.493 e. The van der Waals surface area contributed by atoms with Gasteiger partial charge in [-0.1, -0.05) is 6.92 Å². The first-order valence-corrected chi connectivity index (χ1v) is 7.91. The van der Waals surface area contributed by atoms with Crippen molar-refractivity contribution in [3.8, 4) is 11.5 Å². The summed E-state index contributed by atoms with van der Waals surface area (Å²) in [5, 5.41) is 2.78. The number of hydrogen-bond acceptors (Lipinski definition) is 4. The quantitative estimate of drug-likeness (QED) is 0.812. The van der Waals surface area contributed by atoms with E-state index in [-0.39, 0.29) is 5.91 Å². The number of ether oxygens (including phenoxy) is 2. The van der Waals surface area contributed by atoms with Crippen LogP contribution in [0, 0.1) is 5.92 Å². The Kier molecular flexibility index (Phi) is 4.60. The Balaban J connectivity index is 1.61. The van der Waals surface area contributed by atoms with Crippen molar-refractivity contribution >= 4 is 17.7 Å². The number of furan rings is 1. The van der Waals surface area contributed by atoms with Crippen LogP contribution in [-0.2, 0) is 4.79 Å². The van der Waals surface area contributed by atoms with Gasteiger partial charge < -0.3 is 19.2 Å². The minimum absolute atomic E-state index is 0.236. The SMILES string of the molecule is COc1ccc(NC(=O)/C=C/c2ccc(C3CC3C)o2)cc1OC. The number of hydrogen-bond donors (Lipinski definition) is 1. The Morgan fingerprint density at radius 1 is 1.21 bits per heavy atom. The molecule has 126 valence electrons. The first-order chi connectivity index (χ1) is 11.6. The molecule has 24 heavy (non-hydrogen) atoms. The Bertz CT molecular complexity index is 762. The molecule has 1 amide bonds. The predicted molar refractivity (Wildman–Crippen MR) is 92.4 cm³/mol. The van der Waals surface area contributed by atoms with Gasteiger partial charge in [0.25, 0.3) is 0 Å². The van der Waals surface area contributed by atoms with Crippen molar-refractivity contribution in [2.45, 2.75) is 19.3 Å². The molecule has 5 nitrogen and oxygen atoms in total. The molecule has 1 aliphatic carbocycles. The molecule has 1 aromatic heterocycles. The first kappa shape index (κ1) is 16.2. The number of amides is 1. The van der Waals surface area contributed by atoms with E-state index in [0.29, 0.717) is 34.8 Å². The second kappa shape index (κ2) is 6.83. The normalized spacial score (nSPS) is 19.3. The largest absolute Gasteiger partial charge is 0.493 e. The second-order valence-corrected chi connectivity index (χ2v) is 5.95. The summed E-state index contributed by atoms with van der Waals surface area (Å²) in [6.07, 6.45) is 4.30. The van der Waals surface area contributed by atoms with Gasteiger partial charge in [-0.3, -0.25) is 4.79 Å². The summed E-state index contributed by atoms with van der Waals surface area (Å²) < 4.78 is 16.1. The maximum absolute atomic E-state index is 12.0. The van der Waals surface area contributed by atoms with Crippen LogP contribution in [0.15, 0.2) is 40.8 Å². The van der Waals surface area contributed by atoms with Crippen LogP contribution in [0.25, 0.3) is 6.08 Å². The number of carbonyl (C=O) groups excluding carboxylic acids is 1. The van der Waals surface area contributed by atoms with Crippen molar-refractivity contribution in [1.29, 1.82) is 0 Å². The molecule has 1 aromatic carbocycles. The second-order valence-electron chi connectivity index (χ2n) is 5.95. The molecular weight excluding hydrogens is 306 g/mol. The lowest BCUT2D eigenvalue weighted by Gasteiger charge is -2.09. The molecule has 0 bridgehead atoms. The molecule has 0 radical (unpaired) electrons. The number of anilines is 1. The van der Waals surface area contributed by atoms with E-state index < -0.39 is 0 Å². The van der Waals surface area contributed by atoms with Crippen LogP contribution >= 0.6 is 0 Å². The molecule has 1 saturated carbocycles. The third-order valence-electron chi connectivity index (χ3n) is 4.17. The van der Waals surface area contributed by atoms with Crippen molar-refractivity contribution in [2.75, 3.05) is 19.5 Å². The van der Waals surface area contributed by atoms with E-state index in [9.17, 15) is 4.79 Å². The third kappa shape index (κ3) is 3.62. The molecule has 1 fully saturated rings. The van der Waals surface area contributed by atoms with Gasteiger partial charge in [0.05, 0.1) is 14.2 Å². The molecule has 1 aliphatic rings. The number of benzene rings is 1. The molecule has 1 heterocycles. The van der Waals surface area contributed by atoms with Crippen LogP contribution < -0.4 is 14.8 Å². The first-order valence-electron chi connectivity index (χ1n) is 7.91. The van der Waals surface area contributed by atoms with Crippen LogP contribution in [0.4, 0.5) is 5.69 Å². The molecule has 5 heteroatoms. The lowest BCUT2D eigenvalue weighted by Crippen LogP contribution is -2.07. The number of nitrogens with one attached hydrogen (secondary N) is 1. The zero-order valence-corrected chi connectivity index (χ0v) is 14.0. The molecule has 0 saturated heterocycles. The van der Waals surface area contributed by atoms with Gasteiger partial charge in [0.1, 0.15) is 11.5 Å². The maximum Gasteiger partial charge on any atom is 0.248 e. The van der Waals surface area contributed by atoms with E-state index in [2.05, 4.69) is 12.2 Å². The summed E-state index contributed by atoms with van der Waals surface area (Å²) in [6.45, 7) is 2.21. The highest BCUT2D eigenvalue weighted by molar-refractivity contribution is 6.01. The summed E-state index contributed by atoms with van der Waals surface area (Å²) in [5.41, 5.74) is 0.634. The van der Waals surface area contributed by atoms with E-state index in [1.165, 1.54) is 12.5 Å². The molecule has 2 aromatic rings. The fraction of sp³-hybridized carbons (Fsp3) is 0.316. The molecule has 0 aliphatic heterocycles. The molecular formula is C19H21NO4. The predicted octanol–water partition coefficient (Wildman–Crippen LogP) is 4.07. The summed E-state index contributed by atoms with van der Waals surface area (Å²) >= 11 is 0. The highest BCUT2D eigenvalue weighted by Gasteiger charge is 2.36. The van der Waals surface area contributed by atoms with E-state index in [4.69, 9.17) is 13.9 Å². The van der Waals surface area contributed by atoms with Gasteiger partial charge in [-0.05, 0) is 42.7 Å². The summed E-state index contributed by atoms with van der Waals surface area (Å²) in [6, 6.07) is 9.09. The van der Waals surface area contributed by atoms with Gasteiger partial charge in [-0.2, -0.15) is 0 Å². The molecule has 3 rings (SSSR count). The Morgan fingerprint density at radius 3 is 2.62 bits per heavy atom. The highest BCUT2D eigenvalue weighted by atomic mass is 16.5.